The molecule has 5 heteroatoms. The number of rotatable bonds is 3. The van der Waals surface area contributed by atoms with Gasteiger partial charge in [-0.25, -0.2) is 4.79 Å². The van der Waals surface area contributed by atoms with Crippen molar-refractivity contribution in [1.82, 2.24) is 9.97 Å². The first-order chi connectivity index (χ1) is 11.0. The van der Waals surface area contributed by atoms with Crippen LogP contribution in [0.3, 0.4) is 0 Å². The van der Waals surface area contributed by atoms with Crippen LogP contribution in [0, 0.1) is 13.8 Å². The summed E-state index contributed by atoms with van der Waals surface area (Å²) in [7, 11) is 0. The van der Waals surface area contributed by atoms with Crippen molar-refractivity contribution >= 4 is 16.9 Å². The van der Waals surface area contributed by atoms with Gasteiger partial charge in [0.15, 0.2) is 0 Å². The molecule has 5 nitrogen and oxygen atoms in total. The molecule has 0 fully saturated rings. The molecule has 0 aliphatic carbocycles. The van der Waals surface area contributed by atoms with Crippen molar-refractivity contribution in [2.24, 2.45) is 0 Å². The zero-order chi connectivity index (χ0) is 16.6. The minimum absolute atomic E-state index is 0.0341. The minimum Gasteiger partial charge on any atom is -0.462 e. The lowest BCUT2D eigenvalue weighted by atomic mass is 10.0. The van der Waals surface area contributed by atoms with E-state index in [0.717, 1.165) is 16.6 Å². The Morgan fingerprint density at radius 1 is 1.26 bits per heavy atom. The molecule has 0 bridgehead atoms. The Bertz CT molecular complexity index is 937. The number of esters is 1. The van der Waals surface area contributed by atoms with Crippen LogP contribution in [-0.2, 0) is 4.74 Å². The predicted octanol–water partition coefficient (Wildman–Crippen LogP) is 3.32. The molecule has 0 radical (unpaired) electrons. The third-order valence-corrected chi connectivity index (χ3v) is 3.80. The summed E-state index contributed by atoms with van der Waals surface area (Å²) >= 11 is 0. The van der Waals surface area contributed by atoms with E-state index in [1.54, 1.807) is 19.2 Å². The molecule has 3 aromatic rings. The van der Waals surface area contributed by atoms with Gasteiger partial charge in [-0.1, -0.05) is 6.07 Å². The molecule has 0 saturated heterocycles. The van der Waals surface area contributed by atoms with Crippen LogP contribution in [0.15, 0.2) is 35.3 Å². The molecule has 0 aliphatic heterocycles. The standard InChI is InChI=1S/C18H18N2O3/c1-4-23-18(22)14-16(13-6-5-7-19-13)20-15-11(3)8-10(2)9-12(15)17(14)21/h5-9,19H,4H2,1-3H3,(H,20,21). The van der Waals surface area contributed by atoms with Crippen molar-refractivity contribution in [3.63, 3.8) is 0 Å². The molecule has 2 aromatic heterocycles. The van der Waals surface area contributed by atoms with Crippen molar-refractivity contribution in [1.29, 1.82) is 0 Å². The van der Waals surface area contributed by atoms with Crippen LogP contribution in [0.25, 0.3) is 22.3 Å². The number of benzene rings is 1. The van der Waals surface area contributed by atoms with Gasteiger partial charge < -0.3 is 14.7 Å². The molecule has 0 atom stereocenters. The summed E-state index contributed by atoms with van der Waals surface area (Å²) in [5.41, 5.74) is 3.52. The van der Waals surface area contributed by atoms with Crippen LogP contribution in [0.2, 0.25) is 0 Å². The number of aromatic amines is 2. The third-order valence-electron chi connectivity index (χ3n) is 3.80. The maximum Gasteiger partial charge on any atom is 0.344 e. The Hall–Kier alpha value is -2.82. The summed E-state index contributed by atoms with van der Waals surface area (Å²) < 4.78 is 5.08. The van der Waals surface area contributed by atoms with Gasteiger partial charge >= 0.3 is 5.97 Å². The van der Waals surface area contributed by atoms with Crippen molar-refractivity contribution in [2.75, 3.05) is 6.61 Å². The summed E-state index contributed by atoms with van der Waals surface area (Å²) in [6.07, 6.45) is 1.74. The van der Waals surface area contributed by atoms with E-state index in [1.165, 1.54) is 0 Å². The Morgan fingerprint density at radius 2 is 2.04 bits per heavy atom. The van der Waals surface area contributed by atoms with E-state index in [1.807, 2.05) is 32.0 Å². The second-order valence-corrected chi connectivity index (χ2v) is 5.51. The molecular weight excluding hydrogens is 292 g/mol. The maximum absolute atomic E-state index is 12.9. The smallest absolute Gasteiger partial charge is 0.344 e. The first kappa shape index (κ1) is 15.1. The van der Waals surface area contributed by atoms with Gasteiger partial charge in [0.2, 0.25) is 5.43 Å². The first-order valence-corrected chi connectivity index (χ1v) is 7.51. The fraction of sp³-hybridized carbons (Fsp3) is 0.222. The number of carbonyl (C=O) groups excluding carboxylic acids is 1. The quantitative estimate of drug-likeness (QED) is 0.729. The topological polar surface area (TPSA) is 75.0 Å². The number of ether oxygens (including phenoxy) is 1. The Balaban J connectivity index is 2.42. The second kappa shape index (κ2) is 5.76. The van der Waals surface area contributed by atoms with Crippen LogP contribution in [0.4, 0.5) is 0 Å². The largest absolute Gasteiger partial charge is 0.462 e. The van der Waals surface area contributed by atoms with Gasteiger partial charge in [-0.15, -0.1) is 0 Å². The summed E-state index contributed by atoms with van der Waals surface area (Å²) in [5, 5.41) is 0.501. The lowest BCUT2D eigenvalue weighted by Crippen LogP contribution is -2.21. The zero-order valence-corrected chi connectivity index (χ0v) is 13.3. The number of hydrogen-bond donors (Lipinski definition) is 2. The zero-order valence-electron chi connectivity index (χ0n) is 13.3. The molecule has 0 unspecified atom stereocenters. The van der Waals surface area contributed by atoms with E-state index >= 15 is 0 Å². The number of aromatic nitrogens is 2. The van der Waals surface area contributed by atoms with Gasteiger partial charge in [0.05, 0.1) is 23.5 Å². The average Bonchev–Trinajstić information content (AvgIpc) is 3.02. The van der Waals surface area contributed by atoms with Gasteiger partial charge in [-0.05, 0) is 50.1 Å². The highest BCUT2D eigenvalue weighted by molar-refractivity contribution is 6.00. The second-order valence-electron chi connectivity index (χ2n) is 5.51. The third kappa shape index (κ3) is 2.54. The molecule has 0 saturated carbocycles. The summed E-state index contributed by atoms with van der Waals surface area (Å²) in [4.78, 5) is 31.5. The van der Waals surface area contributed by atoms with Crippen molar-refractivity contribution < 1.29 is 9.53 Å². The average molecular weight is 310 g/mol. The predicted molar refractivity (Wildman–Crippen MR) is 89.8 cm³/mol. The van der Waals surface area contributed by atoms with Gasteiger partial charge in [0, 0.05) is 11.6 Å². The van der Waals surface area contributed by atoms with Crippen molar-refractivity contribution in [3.8, 4) is 11.4 Å². The van der Waals surface area contributed by atoms with Crippen LogP contribution in [0.5, 0.6) is 0 Å². The van der Waals surface area contributed by atoms with Crippen LogP contribution in [0.1, 0.15) is 28.4 Å². The number of pyridine rings is 1. The number of carbonyl (C=O) groups is 1. The van der Waals surface area contributed by atoms with E-state index in [2.05, 4.69) is 9.97 Å². The fourth-order valence-corrected chi connectivity index (χ4v) is 2.83. The number of nitrogens with one attached hydrogen (secondary N) is 2. The number of aryl methyl sites for hydroxylation is 2. The van der Waals surface area contributed by atoms with Crippen LogP contribution < -0.4 is 5.43 Å². The Morgan fingerprint density at radius 3 is 2.70 bits per heavy atom. The normalized spacial score (nSPS) is 10.9. The summed E-state index contributed by atoms with van der Waals surface area (Å²) in [6.45, 7) is 5.80. The highest BCUT2D eigenvalue weighted by Gasteiger charge is 2.22. The monoisotopic (exact) mass is 310 g/mol. The molecule has 2 heterocycles. The minimum atomic E-state index is -0.612. The molecule has 3 rings (SSSR count). The lowest BCUT2D eigenvalue weighted by molar-refractivity contribution is 0.0525. The SMILES string of the molecule is CCOC(=O)c1c(-c2ccc[nH]2)[nH]c2c(C)cc(C)cc2c1=O. The lowest BCUT2D eigenvalue weighted by Gasteiger charge is -2.12. The highest BCUT2D eigenvalue weighted by Crippen LogP contribution is 2.24. The van der Waals surface area contributed by atoms with Crippen LogP contribution in [-0.4, -0.2) is 22.5 Å². The molecule has 118 valence electrons. The fourth-order valence-electron chi connectivity index (χ4n) is 2.83. The van der Waals surface area contributed by atoms with E-state index < -0.39 is 5.97 Å². The molecule has 0 spiro atoms. The summed E-state index contributed by atoms with van der Waals surface area (Å²) in [5.74, 6) is -0.612. The number of fused-ring (bicyclic) bond motifs is 1. The number of hydrogen-bond acceptors (Lipinski definition) is 3. The first-order valence-electron chi connectivity index (χ1n) is 7.51. The van der Waals surface area contributed by atoms with Gasteiger partial charge in [-0.3, -0.25) is 4.79 Å². The molecule has 1 aromatic carbocycles. The molecular formula is C18H18N2O3. The maximum atomic E-state index is 12.9. The van der Waals surface area contributed by atoms with E-state index in [0.29, 0.717) is 16.8 Å². The van der Waals surface area contributed by atoms with Gasteiger partial charge in [0.1, 0.15) is 5.56 Å². The molecule has 23 heavy (non-hydrogen) atoms. The highest BCUT2D eigenvalue weighted by atomic mass is 16.5. The number of H-pyrrole nitrogens is 2. The van der Waals surface area contributed by atoms with Crippen molar-refractivity contribution in [3.05, 3.63) is 57.4 Å². The summed E-state index contributed by atoms with van der Waals surface area (Å²) in [6, 6.07) is 7.42. The molecule has 2 N–H and O–H groups in total. The molecule has 0 aliphatic rings. The van der Waals surface area contributed by atoms with Crippen molar-refractivity contribution in [2.45, 2.75) is 20.8 Å². The molecule has 0 amide bonds. The van der Waals surface area contributed by atoms with E-state index in [9.17, 15) is 9.59 Å². The Labute approximate surface area is 133 Å². The van der Waals surface area contributed by atoms with Gasteiger partial charge in [0.25, 0.3) is 0 Å². The Kier molecular flexibility index (Phi) is 3.78. The van der Waals surface area contributed by atoms with Gasteiger partial charge in [-0.2, -0.15) is 0 Å². The van der Waals surface area contributed by atoms with Crippen LogP contribution >= 0.6 is 0 Å². The van der Waals surface area contributed by atoms with E-state index in [4.69, 9.17) is 4.74 Å². The van der Waals surface area contributed by atoms with E-state index in [-0.39, 0.29) is 17.6 Å².